The minimum Gasteiger partial charge on any atom is -0.326 e. The molecule has 0 bridgehead atoms. The maximum Gasteiger partial charge on any atom is 0.324 e. The van der Waals surface area contributed by atoms with E-state index in [1.807, 2.05) is 12.1 Å². The van der Waals surface area contributed by atoms with Crippen molar-refractivity contribution < 1.29 is 4.79 Å². The van der Waals surface area contributed by atoms with Crippen molar-refractivity contribution in [2.75, 3.05) is 10.6 Å². The van der Waals surface area contributed by atoms with Gasteiger partial charge < -0.3 is 11.1 Å². The van der Waals surface area contributed by atoms with Crippen LogP contribution < -0.4 is 16.4 Å². The van der Waals surface area contributed by atoms with Gasteiger partial charge in [0.2, 0.25) is 0 Å². The maximum atomic E-state index is 11.6. The molecule has 5 nitrogen and oxygen atoms in total. The summed E-state index contributed by atoms with van der Waals surface area (Å²) in [6, 6.07) is 12.3. The molecular formula is C13H14N4O. The minimum absolute atomic E-state index is 0.325. The summed E-state index contributed by atoms with van der Waals surface area (Å²) in [6.45, 7) is 0.487. The summed E-state index contributed by atoms with van der Waals surface area (Å²) in [7, 11) is 0. The third-order valence-electron chi connectivity index (χ3n) is 2.35. The molecule has 0 fully saturated rings. The van der Waals surface area contributed by atoms with Crippen LogP contribution >= 0.6 is 0 Å². The molecule has 0 aliphatic heterocycles. The normalized spacial score (nSPS) is 9.83. The van der Waals surface area contributed by atoms with E-state index >= 15 is 0 Å². The molecule has 1 aromatic carbocycles. The first kappa shape index (κ1) is 12.1. The highest BCUT2D eigenvalue weighted by atomic mass is 16.2. The molecule has 0 aliphatic carbocycles. The molecule has 4 N–H and O–H groups in total. The van der Waals surface area contributed by atoms with Crippen LogP contribution in [0.15, 0.2) is 48.7 Å². The number of rotatable bonds is 3. The van der Waals surface area contributed by atoms with Crippen molar-refractivity contribution in [2.45, 2.75) is 6.54 Å². The van der Waals surface area contributed by atoms with Gasteiger partial charge in [-0.05, 0) is 29.8 Å². The summed E-state index contributed by atoms with van der Waals surface area (Å²) in [6.07, 6.45) is 1.62. The predicted molar refractivity (Wildman–Crippen MR) is 71.2 cm³/mol. The van der Waals surface area contributed by atoms with Crippen molar-refractivity contribution >= 4 is 17.5 Å². The number of carbonyl (C=O) groups excluding carboxylic acids is 1. The second-order valence-corrected chi connectivity index (χ2v) is 3.70. The fraction of sp³-hybridized carbons (Fsp3) is 0.0769. The average molecular weight is 242 g/mol. The molecule has 1 aromatic heterocycles. The average Bonchev–Trinajstić information content (AvgIpc) is 2.40. The zero-order valence-corrected chi connectivity index (χ0v) is 9.76. The lowest BCUT2D eigenvalue weighted by molar-refractivity contribution is 0.262. The largest absolute Gasteiger partial charge is 0.326 e. The van der Waals surface area contributed by atoms with Crippen LogP contribution in [0.3, 0.4) is 0 Å². The summed E-state index contributed by atoms with van der Waals surface area (Å²) in [4.78, 5) is 15.6. The molecule has 0 atom stereocenters. The van der Waals surface area contributed by atoms with E-state index in [0.29, 0.717) is 18.1 Å². The van der Waals surface area contributed by atoms with Gasteiger partial charge in [-0.25, -0.2) is 9.78 Å². The van der Waals surface area contributed by atoms with Crippen LogP contribution in [-0.4, -0.2) is 11.0 Å². The number of aromatic nitrogens is 1. The van der Waals surface area contributed by atoms with Gasteiger partial charge in [-0.3, -0.25) is 5.32 Å². The van der Waals surface area contributed by atoms with Crippen molar-refractivity contribution in [3.63, 3.8) is 0 Å². The van der Waals surface area contributed by atoms with Crippen LogP contribution in [0, 0.1) is 0 Å². The molecule has 2 aromatic rings. The molecule has 1 heterocycles. The molecule has 0 unspecified atom stereocenters. The van der Waals surface area contributed by atoms with Crippen molar-refractivity contribution in [3.8, 4) is 0 Å². The van der Waals surface area contributed by atoms with E-state index in [1.165, 1.54) is 0 Å². The van der Waals surface area contributed by atoms with Crippen LogP contribution in [-0.2, 0) is 6.54 Å². The lowest BCUT2D eigenvalue weighted by Gasteiger charge is -2.07. The van der Waals surface area contributed by atoms with Crippen molar-refractivity contribution in [1.29, 1.82) is 0 Å². The molecule has 0 saturated heterocycles. The Balaban J connectivity index is 1.94. The third kappa shape index (κ3) is 3.29. The Morgan fingerprint density at radius 1 is 1.11 bits per heavy atom. The van der Waals surface area contributed by atoms with Crippen molar-refractivity contribution in [1.82, 2.24) is 4.98 Å². The number of anilines is 2. The minimum atomic E-state index is -0.325. The monoisotopic (exact) mass is 242 g/mol. The molecule has 5 heteroatoms. The molecule has 18 heavy (non-hydrogen) atoms. The Morgan fingerprint density at radius 3 is 2.50 bits per heavy atom. The summed E-state index contributed by atoms with van der Waals surface area (Å²) >= 11 is 0. The molecule has 2 rings (SSSR count). The number of hydrogen-bond donors (Lipinski definition) is 3. The zero-order chi connectivity index (χ0) is 12.8. The number of nitrogens with two attached hydrogens (primary N) is 1. The lowest BCUT2D eigenvalue weighted by Crippen LogP contribution is -2.19. The molecule has 0 saturated carbocycles. The number of pyridine rings is 1. The lowest BCUT2D eigenvalue weighted by atomic mass is 10.2. The molecule has 0 radical (unpaired) electrons. The molecule has 92 valence electrons. The van der Waals surface area contributed by atoms with Crippen LogP contribution in [0.2, 0.25) is 0 Å². The Bertz CT molecular complexity index is 510. The second kappa shape index (κ2) is 5.79. The van der Waals surface area contributed by atoms with Gasteiger partial charge in [-0.2, -0.15) is 0 Å². The van der Waals surface area contributed by atoms with Gasteiger partial charge in [0.05, 0.1) is 0 Å². The summed E-state index contributed by atoms with van der Waals surface area (Å²) in [5.41, 5.74) is 7.22. The van der Waals surface area contributed by atoms with Gasteiger partial charge in [0, 0.05) is 18.4 Å². The maximum absolute atomic E-state index is 11.6. The van der Waals surface area contributed by atoms with Crippen LogP contribution in [0.5, 0.6) is 0 Å². The summed E-state index contributed by atoms with van der Waals surface area (Å²) in [5.74, 6) is 0.508. The Morgan fingerprint density at radius 2 is 1.89 bits per heavy atom. The van der Waals surface area contributed by atoms with Gasteiger partial charge in [-0.15, -0.1) is 0 Å². The Hall–Kier alpha value is -2.40. The highest BCUT2D eigenvalue weighted by molar-refractivity contribution is 5.99. The van der Waals surface area contributed by atoms with E-state index in [0.717, 1.165) is 5.56 Å². The van der Waals surface area contributed by atoms with Crippen LogP contribution in [0.25, 0.3) is 0 Å². The summed E-state index contributed by atoms with van der Waals surface area (Å²) < 4.78 is 0. The Kier molecular flexibility index (Phi) is 3.88. The first-order valence-electron chi connectivity index (χ1n) is 5.56. The zero-order valence-electron chi connectivity index (χ0n) is 9.76. The van der Waals surface area contributed by atoms with Gasteiger partial charge in [0.15, 0.2) is 0 Å². The first-order chi connectivity index (χ1) is 8.78. The third-order valence-corrected chi connectivity index (χ3v) is 2.35. The fourth-order valence-corrected chi connectivity index (χ4v) is 1.44. The Labute approximate surface area is 105 Å². The van der Waals surface area contributed by atoms with Gasteiger partial charge >= 0.3 is 6.03 Å². The first-order valence-corrected chi connectivity index (χ1v) is 5.56. The number of benzene rings is 1. The van der Waals surface area contributed by atoms with E-state index < -0.39 is 0 Å². The SMILES string of the molecule is NCc1ccc(NC(=O)Nc2ccccn2)cc1. The molecule has 0 aliphatic rings. The summed E-state index contributed by atoms with van der Waals surface area (Å²) in [5, 5.41) is 5.34. The van der Waals surface area contributed by atoms with E-state index in [9.17, 15) is 4.79 Å². The smallest absolute Gasteiger partial charge is 0.324 e. The van der Waals surface area contributed by atoms with Gasteiger partial charge in [0.25, 0.3) is 0 Å². The predicted octanol–water partition coefficient (Wildman–Crippen LogP) is 2.18. The second-order valence-electron chi connectivity index (χ2n) is 3.70. The number of hydrogen-bond acceptors (Lipinski definition) is 3. The standard InChI is InChI=1S/C13H14N4O/c14-9-10-4-6-11(7-5-10)16-13(18)17-12-3-1-2-8-15-12/h1-8H,9,14H2,(H2,15,16,17,18). The van der Waals surface area contributed by atoms with Gasteiger partial charge in [0.1, 0.15) is 5.82 Å². The van der Waals surface area contributed by atoms with Crippen molar-refractivity contribution in [2.24, 2.45) is 5.73 Å². The van der Waals surface area contributed by atoms with Gasteiger partial charge in [-0.1, -0.05) is 18.2 Å². The highest BCUT2D eigenvalue weighted by Gasteiger charge is 2.02. The number of urea groups is 1. The number of nitrogens with one attached hydrogen (secondary N) is 2. The molecular weight excluding hydrogens is 228 g/mol. The number of amides is 2. The van der Waals surface area contributed by atoms with E-state index in [-0.39, 0.29) is 6.03 Å². The molecule has 0 spiro atoms. The van der Waals surface area contributed by atoms with Crippen LogP contribution in [0.1, 0.15) is 5.56 Å². The van der Waals surface area contributed by atoms with E-state index in [4.69, 9.17) is 5.73 Å². The fourth-order valence-electron chi connectivity index (χ4n) is 1.44. The van der Waals surface area contributed by atoms with Crippen LogP contribution in [0.4, 0.5) is 16.3 Å². The van der Waals surface area contributed by atoms with E-state index in [2.05, 4.69) is 15.6 Å². The number of carbonyl (C=O) groups is 1. The van der Waals surface area contributed by atoms with E-state index in [1.54, 1.807) is 36.5 Å². The molecule has 2 amide bonds. The van der Waals surface area contributed by atoms with Crippen molar-refractivity contribution in [3.05, 3.63) is 54.2 Å². The topological polar surface area (TPSA) is 80.0 Å². The highest BCUT2D eigenvalue weighted by Crippen LogP contribution is 2.09. The quantitative estimate of drug-likeness (QED) is 0.771. The number of nitrogens with zero attached hydrogens (tertiary/aromatic N) is 1.